The van der Waals surface area contributed by atoms with Gasteiger partial charge in [-0.05, 0) is 6.42 Å². The monoisotopic (exact) mass is 199 g/mol. The summed E-state index contributed by atoms with van der Waals surface area (Å²) in [5.41, 5.74) is 7.69. The minimum atomic E-state index is 0.528. The van der Waals surface area contributed by atoms with E-state index in [-0.39, 0.29) is 0 Å². The zero-order valence-electron chi connectivity index (χ0n) is 8.64. The molecule has 1 heterocycles. The van der Waals surface area contributed by atoms with E-state index in [1.807, 2.05) is 36.4 Å². The number of aryl methyl sites for hydroxylation is 1. The highest BCUT2D eigenvalue weighted by Crippen LogP contribution is 2.16. The molecule has 0 unspecified atom stereocenters. The highest BCUT2D eigenvalue weighted by Gasteiger charge is 2.03. The third-order valence-corrected chi connectivity index (χ3v) is 2.19. The van der Waals surface area contributed by atoms with E-state index in [0.717, 1.165) is 17.7 Å². The van der Waals surface area contributed by atoms with Crippen molar-refractivity contribution in [2.24, 2.45) is 0 Å². The Balaban J connectivity index is 2.49. The molecule has 0 atom stereocenters. The molecule has 3 heteroatoms. The lowest BCUT2D eigenvalue weighted by Gasteiger charge is -2.03. The van der Waals surface area contributed by atoms with E-state index in [0.29, 0.717) is 11.6 Å². The van der Waals surface area contributed by atoms with Crippen LogP contribution in [0.4, 0.5) is 5.82 Å². The van der Waals surface area contributed by atoms with Crippen molar-refractivity contribution in [3.8, 4) is 11.4 Å². The molecule has 3 nitrogen and oxygen atoms in total. The van der Waals surface area contributed by atoms with Gasteiger partial charge >= 0.3 is 0 Å². The molecule has 0 aliphatic rings. The van der Waals surface area contributed by atoms with Gasteiger partial charge in [0, 0.05) is 17.3 Å². The fourth-order valence-electron chi connectivity index (χ4n) is 1.42. The van der Waals surface area contributed by atoms with Crippen molar-refractivity contribution in [3.05, 3.63) is 42.1 Å². The van der Waals surface area contributed by atoms with Gasteiger partial charge in [-0.25, -0.2) is 9.97 Å². The SMILES string of the molecule is CCc1cc(N)nc(-c2ccccc2)n1. The topological polar surface area (TPSA) is 51.8 Å². The Hall–Kier alpha value is -1.90. The van der Waals surface area contributed by atoms with Crippen LogP contribution in [0.3, 0.4) is 0 Å². The first-order valence-corrected chi connectivity index (χ1v) is 4.98. The van der Waals surface area contributed by atoms with E-state index < -0.39 is 0 Å². The molecule has 0 bridgehead atoms. The molecular formula is C12H13N3. The van der Waals surface area contributed by atoms with Crippen molar-refractivity contribution in [1.82, 2.24) is 9.97 Å². The van der Waals surface area contributed by atoms with Crippen LogP contribution in [0.25, 0.3) is 11.4 Å². The lowest BCUT2D eigenvalue weighted by Crippen LogP contribution is -1.99. The maximum Gasteiger partial charge on any atom is 0.161 e. The fraction of sp³-hybridized carbons (Fsp3) is 0.167. The summed E-state index contributed by atoms with van der Waals surface area (Å²) in [6.45, 7) is 2.05. The molecule has 0 radical (unpaired) electrons. The Morgan fingerprint density at radius 2 is 1.87 bits per heavy atom. The lowest BCUT2D eigenvalue weighted by molar-refractivity contribution is 1.01. The van der Waals surface area contributed by atoms with Gasteiger partial charge in [-0.3, -0.25) is 0 Å². The smallest absolute Gasteiger partial charge is 0.161 e. The van der Waals surface area contributed by atoms with Gasteiger partial charge in [-0.15, -0.1) is 0 Å². The molecule has 2 rings (SSSR count). The molecule has 2 N–H and O–H groups in total. The molecule has 0 spiro atoms. The van der Waals surface area contributed by atoms with E-state index in [2.05, 4.69) is 16.9 Å². The Kier molecular flexibility index (Phi) is 2.63. The molecule has 0 amide bonds. The molecule has 0 fully saturated rings. The van der Waals surface area contributed by atoms with Gasteiger partial charge in [0.1, 0.15) is 5.82 Å². The number of benzene rings is 1. The number of nitrogens with two attached hydrogens (primary N) is 1. The summed E-state index contributed by atoms with van der Waals surface area (Å²) in [7, 11) is 0. The maximum atomic E-state index is 5.72. The zero-order valence-corrected chi connectivity index (χ0v) is 8.64. The summed E-state index contributed by atoms with van der Waals surface area (Å²) in [6.07, 6.45) is 0.868. The van der Waals surface area contributed by atoms with E-state index in [1.165, 1.54) is 0 Å². The average Bonchev–Trinajstić information content (AvgIpc) is 2.29. The number of nitrogens with zero attached hydrogens (tertiary/aromatic N) is 2. The van der Waals surface area contributed by atoms with Crippen molar-refractivity contribution >= 4 is 5.82 Å². The van der Waals surface area contributed by atoms with Crippen molar-refractivity contribution in [3.63, 3.8) is 0 Å². The Labute approximate surface area is 89.0 Å². The third kappa shape index (κ3) is 2.13. The van der Waals surface area contributed by atoms with Crippen LogP contribution >= 0.6 is 0 Å². The summed E-state index contributed by atoms with van der Waals surface area (Å²) < 4.78 is 0. The summed E-state index contributed by atoms with van der Waals surface area (Å²) in [6, 6.07) is 11.7. The third-order valence-electron chi connectivity index (χ3n) is 2.19. The highest BCUT2D eigenvalue weighted by atomic mass is 14.9. The van der Waals surface area contributed by atoms with Crippen LogP contribution in [0.2, 0.25) is 0 Å². The molecule has 1 aromatic heterocycles. The number of aromatic nitrogens is 2. The van der Waals surface area contributed by atoms with Crippen LogP contribution < -0.4 is 5.73 Å². The second kappa shape index (κ2) is 4.09. The van der Waals surface area contributed by atoms with Gasteiger partial charge in [-0.2, -0.15) is 0 Å². The summed E-state index contributed by atoms with van der Waals surface area (Å²) in [5.74, 6) is 1.23. The molecular weight excluding hydrogens is 186 g/mol. The van der Waals surface area contributed by atoms with Gasteiger partial charge in [0.15, 0.2) is 5.82 Å². The van der Waals surface area contributed by atoms with Crippen LogP contribution in [-0.2, 0) is 6.42 Å². The van der Waals surface area contributed by atoms with Gasteiger partial charge in [0.25, 0.3) is 0 Å². The predicted molar refractivity (Wildman–Crippen MR) is 61.3 cm³/mol. The number of hydrogen-bond acceptors (Lipinski definition) is 3. The molecule has 0 aliphatic carbocycles. The number of rotatable bonds is 2. The second-order valence-corrected chi connectivity index (χ2v) is 3.33. The van der Waals surface area contributed by atoms with Crippen LogP contribution in [0.5, 0.6) is 0 Å². The van der Waals surface area contributed by atoms with Crippen LogP contribution in [-0.4, -0.2) is 9.97 Å². The summed E-state index contributed by atoms with van der Waals surface area (Å²) in [4.78, 5) is 8.65. The minimum Gasteiger partial charge on any atom is -0.384 e. The number of nitrogen functional groups attached to an aromatic ring is 1. The first-order valence-electron chi connectivity index (χ1n) is 4.98. The Bertz CT molecular complexity index is 452. The van der Waals surface area contributed by atoms with E-state index >= 15 is 0 Å². The maximum absolute atomic E-state index is 5.72. The second-order valence-electron chi connectivity index (χ2n) is 3.33. The average molecular weight is 199 g/mol. The van der Waals surface area contributed by atoms with Gasteiger partial charge in [0.05, 0.1) is 0 Å². The summed E-state index contributed by atoms with van der Waals surface area (Å²) in [5, 5.41) is 0. The molecule has 0 saturated carbocycles. The first-order chi connectivity index (χ1) is 7.29. The van der Waals surface area contributed by atoms with E-state index in [1.54, 1.807) is 0 Å². The molecule has 1 aromatic carbocycles. The van der Waals surface area contributed by atoms with Gasteiger partial charge in [-0.1, -0.05) is 37.3 Å². The highest BCUT2D eigenvalue weighted by molar-refractivity contribution is 5.56. The standard InChI is InChI=1S/C12H13N3/c1-2-10-8-11(13)15-12(14-10)9-6-4-3-5-7-9/h3-8H,2H2,1H3,(H2,13,14,15). The Morgan fingerprint density at radius 1 is 1.13 bits per heavy atom. The van der Waals surface area contributed by atoms with Gasteiger partial charge in [0.2, 0.25) is 0 Å². The first kappa shape index (κ1) is 9.65. The van der Waals surface area contributed by atoms with Crippen LogP contribution in [0.1, 0.15) is 12.6 Å². The number of hydrogen-bond donors (Lipinski definition) is 1. The lowest BCUT2D eigenvalue weighted by atomic mass is 10.2. The fourth-order valence-corrected chi connectivity index (χ4v) is 1.42. The number of anilines is 1. The molecule has 15 heavy (non-hydrogen) atoms. The van der Waals surface area contributed by atoms with E-state index in [9.17, 15) is 0 Å². The summed E-state index contributed by atoms with van der Waals surface area (Å²) >= 11 is 0. The molecule has 0 aliphatic heterocycles. The normalized spacial score (nSPS) is 10.2. The van der Waals surface area contributed by atoms with Gasteiger partial charge < -0.3 is 5.73 Å². The van der Waals surface area contributed by atoms with E-state index in [4.69, 9.17) is 5.73 Å². The largest absolute Gasteiger partial charge is 0.384 e. The van der Waals surface area contributed by atoms with Crippen molar-refractivity contribution < 1.29 is 0 Å². The zero-order chi connectivity index (χ0) is 10.7. The molecule has 0 saturated heterocycles. The predicted octanol–water partition coefficient (Wildman–Crippen LogP) is 2.29. The van der Waals surface area contributed by atoms with Crippen molar-refractivity contribution in [1.29, 1.82) is 0 Å². The molecule has 76 valence electrons. The van der Waals surface area contributed by atoms with Crippen molar-refractivity contribution in [2.75, 3.05) is 5.73 Å². The molecule has 2 aromatic rings. The van der Waals surface area contributed by atoms with Crippen LogP contribution in [0, 0.1) is 0 Å². The quantitative estimate of drug-likeness (QED) is 0.807. The van der Waals surface area contributed by atoms with Crippen LogP contribution in [0.15, 0.2) is 36.4 Å². The Morgan fingerprint density at radius 3 is 2.53 bits per heavy atom. The minimum absolute atomic E-state index is 0.528. The van der Waals surface area contributed by atoms with Crippen molar-refractivity contribution in [2.45, 2.75) is 13.3 Å².